The molecular weight excluding hydrogens is 499 g/mol. The first-order chi connectivity index (χ1) is 18.7. The summed E-state index contributed by atoms with van der Waals surface area (Å²) in [5, 5.41) is 9.26. The zero-order valence-corrected chi connectivity index (χ0v) is 22.5. The van der Waals surface area contributed by atoms with Crippen LogP contribution in [0.25, 0.3) is 0 Å². The minimum Gasteiger partial charge on any atom is -0.493 e. The Morgan fingerprint density at radius 1 is 1.10 bits per heavy atom. The number of aromatic nitrogens is 1. The van der Waals surface area contributed by atoms with Gasteiger partial charge in [0, 0.05) is 53.8 Å². The SMILES string of the molecule is CC(C)(C)c1cc(NC(=O)Nc2ccc(C#Cc3ccc(OCCCN4CC5(COC5)C4)cc3F)cc2)no1. The van der Waals surface area contributed by atoms with Crippen molar-refractivity contribution in [1.82, 2.24) is 10.1 Å². The average molecular weight is 533 g/mol. The number of benzene rings is 2. The summed E-state index contributed by atoms with van der Waals surface area (Å²) in [7, 11) is 0. The van der Waals surface area contributed by atoms with Crippen LogP contribution < -0.4 is 15.4 Å². The molecule has 2 N–H and O–H groups in total. The van der Waals surface area contributed by atoms with Crippen LogP contribution in [-0.4, -0.2) is 55.5 Å². The van der Waals surface area contributed by atoms with Crippen LogP contribution in [0.3, 0.4) is 0 Å². The smallest absolute Gasteiger partial charge is 0.324 e. The van der Waals surface area contributed by atoms with Crippen molar-refractivity contribution in [2.24, 2.45) is 5.41 Å². The van der Waals surface area contributed by atoms with Gasteiger partial charge < -0.3 is 24.2 Å². The van der Waals surface area contributed by atoms with Gasteiger partial charge in [0.25, 0.3) is 0 Å². The van der Waals surface area contributed by atoms with Crippen molar-refractivity contribution in [3.05, 3.63) is 71.2 Å². The van der Waals surface area contributed by atoms with Crippen molar-refractivity contribution in [2.75, 3.05) is 50.1 Å². The third kappa shape index (κ3) is 6.77. The summed E-state index contributed by atoms with van der Waals surface area (Å²) in [5.41, 5.74) is 1.78. The maximum atomic E-state index is 14.6. The Morgan fingerprint density at radius 2 is 1.87 bits per heavy atom. The summed E-state index contributed by atoms with van der Waals surface area (Å²) in [6, 6.07) is 13.0. The highest BCUT2D eigenvalue weighted by Crippen LogP contribution is 2.37. The number of hydrogen-bond acceptors (Lipinski definition) is 6. The van der Waals surface area contributed by atoms with Crippen LogP contribution in [0.5, 0.6) is 5.75 Å². The number of nitrogens with one attached hydrogen (secondary N) is 2. The van der Waals surface area contributed by atoms with Crippen LogP contribution in [0.2, 0.25) is 0 Å². The molecule has 2 aliphatic rings. The molecule has 204 valence electrons. The molecule has 2 saturated heterocycles. The molecule has 3 aromatic rings. The lowest BCUT2D eigenvalue weighted by molar-refractivity contribution is -0.189. The Labute approximate surface area is 227 Å². The predicted molar refractivity (Wildman–Crippen MR) is 146 cm³/mol. The third-order valence-corrected chi connectivity index (χ3v) is 6.74. The standard InChI is InChI=1S/C30H33FN4O4/c1-29(2,3)26-16-27(34-39-26)33-28(36)32-23-10-6-21(7-11-23)5-8-22-9-12-24(15-25(22)31)38-14-4-13-35-17-30(18-35)19-37-20-30/h6-7,9-12,15-16H,4,13-14,17-20H2,1-3H3,(H2,32,33,34,36). The average Bonchev–Trinajstić information content (AvgIpc) is 3.31. The molecule has 0 bridgehead atoms. The van der Waals surface area contributed by atoms with E-state index in [0.717, 1.165) is 39.3 Å². The number of ether oxygens (including phenoxy) is 2. The van der Waals surface area contributed by atoms with E-state index in [9.17, 15) is 9.18 Å². The second-order valence-electron chi connectivity index (χ2n) is 11.3. The molecule has 0 unspecified atom stereocenters. The first-order valence-corrected chi connectivity index (χ1v) is 13.1. The molecule has 2 amide bonds. The van der Waals surface area contributed by atoms with Crippen molar-refractivity contribution >= 4 is 17.5 Å². The lowest BCUT2D eigenvalue weighted by Gasteiger charge is -2.55. The molecule has 0 radical (unpaired) electrons. The van der Waals surface area contributed by atoms with E-state index in [-0.39, 0.29) is 5.41 Å². The fourth-order valence-electron chi connectivity index (χ4n) is 4.54. The van der Waals surface area contributed by atoms with Gasteiger partial charge in [0.2, 0.25) is 0 Å². The Balaban J connectivity index is 1.07. The van der Waals surface area contributed by atoms with Crippen molar-refractivity contribution in [2.45, 2.75) is 32.6 Å². The molecule has 1 spiro atoms. The van der Waals surface area contributed by atoms with Gasteiger partial charge in [-0.1, -0.05) is 37.8 Å². The van der Waals surface area contributed by atoms with E-state index >= 15 is 0 Å². The number of nitrogens with zero attached hydrogens (tertiary/aromatic N) is 2. The summed E-state index contributed by atoms with van der Waals surface area (Å²) in [6.45, 7) is 11.5. The number of likely N-dealkylation sites (tertiary alicyclic amines) is 1. The van der Waals surface area contributed by atoms with Crippen LogP contribution in [0, 0.1) is 23.1 Å². The van der Waals surface area contributed by atoms with Gasteiger partial charge in [0.15, 0.2) is 5.82 Å². The number of carbonyl (C=O) groups is 1. The Kier molecular flexibility index (Phi) is 7.60. The number of halogens is 1. The molecule has 5 rings (SSSR count). The summed E-state index contributed by atoms with van der Waals surface area (Å²) >= 11 is 0. The van der Waals surface area contributed by atoms with Crippen molar-refractivity contribution in [1.29, 1.82) is 0 Å². The summed E-state index contributed by atoms with van der Waals surface area (Å²) in [4.78, 5) is 14.7. The largest absolute Gasteiger partial charge is 0.493 e. The van der Waals surface area contributed by atoms with Gasteiger partial charge in [-0.2, -0.15) is 0 Å². The quantitative estimate of drug-likeness (QED) is 0.319. The molecule has 0 aliphatic carbocycles. The lowest BCUT2D eigenvalue weighted by atomic mass is 9.78. The lowest BCUT2D eigenvalue weighted by Crippen LogP contribution is -2.65. The van der Waals surface area contributed by atoms with Crippen LogP contribution in [0.15, 0.2) is 53.1 Å². The molecule has 39 heavy (non-hydrogen) atoms. The molecule has 0 saturated carbocycles. The summed E-state index contributed by atoms with van der Waals surface area (Å²) < 4.78 is 30.9. The molecule has 3 heterocycles. The summed E-state index contributed by atoms with van der Waals surface area (Å²) in [5.74, 6) is 6.91. The highest BCUT2D eigenvalue weighted by molar-refractivity contribution is 5.99. The van der Waals surface area contributed by atoms with E-state index in [1.807, 2.05) is 20.8 Å². The molecule has 2 fully saturated rings. The Bertz CT molecular complexity index is 1370. The van der Waals surface area contributed by atoms with Gasteiger partial charge in [-0.05, 0) is 42.8 Å². The number of anilines is 2. The first kappa shape index (κ1) is 26.7. The minimum absolute atomic E-state index is 0.206. The van der Waals surface area contributed by atoms with E-state index in [2.05, 4.69) is 32.5 Å². The highest BCUT2D eigenvalue weighted by atomic mass is 19.1. The van der Waals surface area contributed by atoms with E-state index < -0.39 is 11.8 Å². The maximum absolute atomic E-state index is 14.6. The molecule has 0 atom stereocenters. The predicted octanol–water partition coefficient (Wildman–Crippen LogP) is 5.26. The second-order valence-corrected chi connectivity index (χ2v) is 11.3. The zero-order valence-electron chi connectivity index (χ0n) is 22.5. The normalized spacial score (nSPS) is 16.0. The number of urea groups is 1. The number of rotatable bonds is 7. The van der Waals surface area contributed by atoms with Gasteiger partial charge in [0.05, 0.1) is 25.4 Å². The van der Waals surface area contributed by atoms with Crippen molar-refractivity contribution in [3.8, 4) is 17.6 Å². The Hall–Kier alpha value is -3.87. The molecule has 2 aliphatic heterocycles. The maximum Gasteiger partial charge on any atom is 0.324 e. The topological polar surface area (TPSA) is 88.9 Å². The molecule has 8 nitrogen and oxygen atoms in total. The van der Waals surface area contributed by atoms with Crippen molar-refractivity contribution < 1.29 is 23.2 Å². The molecular formula is C30H33FN4O4. The van der Waals surface area contributed by atoms with Gasteiger partial charge in [-0.15, -0.1) is 0 Å². The van der Waals surface area contributed by atoms with Gasteiger partial charge in [-0.25, -0.2) is 9.18 Å². The number of carbonyl (C=O) groups excluding carboxylic acids is 1. The monoisotopic (exact) mass is 532 g/mol. The number of hydrogen-bond donors (Lipinski definition) is 2. The Morgan fingerprint density at radius 3 is 2.51 bits per heavy atom. The van der Waals surface area contributed by atoms with Crippen LogP contribution in [0.4, 0.5) is 20.7 Å². The minimum atomic E-state index is -0.440. The van der Waals surface area contributed by atoms with Gasteiger partial charge in [-0.3, -0.25) is 5.32 Å². The molecule has 2 aromatic carbocycles. The van der Waals surface area contributed by atoms with Gasteiger partial charge >= 0.3 is 6.03 Å². The fraction of sp³-hybridized carbons (Fsp3) is 0.400. The van der Waals surface area contributed by atoms with E-state index in [1.54, 1.807) is 42.5 Å². The van der Waals surface area contributed by atoms with Crippen LogP contribution in [-0.2, 0) is 10.2 Å². The van der Waals surface area contributed by atoms with E-state index in [1.165, 1.54) is 6.07 Å². The summed E-state index contributed by atoms with van der Waals surface area (Å²) in [6.07, 6.45) is 0.894. The van der Waals surface area contributed by atoms with Crippen LogP contribution >= 0.6 is 0 Å². The van der Waals surface area contributed by atoms with Crippen LogP contribution in [0.1, 0.15) is 44.1 Å². The fourth-order valence-corrected chi connectivity index (χ4v) is 4.54. The number of amides is 2. The van der Waals surface area contributed by atoms with Gasteiger partial charge in [0.1, 0.15) is 17.3 Å². The van der Waals surface area contributed by atoms with E-state index in [4.69, 9.17) is 14.0 Å². The second kappa shape index (κ2) is 11.1. The zero-order chi connectivity index (χ0) is 27.5. The molecule has 9 heteroatoms. The molecule has 1 aromatic heterocycles. The van der Waals surface area contributed by atoms with Crippen molar-refractivity contribution in [3.63, 3.8) is 0 Å². The third-order valence-electron chi connectivity index (χ3n) is 6.74. The van der Waals surface area contributed by atoms with E-state index in [0.29, 0.717) is 46.2 Å². The first-order valence-electron chi connectivity index (χ1n) is 13.1. The highest BCUT2D eigenvalue weighted by Gasteiger charge is 2.48.